The van der Waals surface area contributed by atoms with Crippen molar-refractivity contribution >= 4 is 10.2 Å². The summed E-state index contributed by atoms with van der Waals surface area (Å²) in [5, 5.41) is 0. The van der Waals surface area contributed by atoms with Crippen molar-refractivity contribution in [3.05, 3.63) is 34.4 Å². The fourth-order valence-electron chi connectivity index (χ4n) is 5.24. The van der Waals surface area contributed by atoms with Gasteiger partial charge in [0.2, 0.25) is 0 Å². The molecule has 150 valence electrons. The Kier molecular flexibility index (Phi) is 4.50. The molecule has 0 bridgehead atoms. The number of epoxide rings is 1. The second-order valence-electron chi connectivity index (χ2n) is 9.33. The number of fused-ring (bicyclic) bond motifs is 2. The molecule has 1 N–H and O–H groups in total. The van der Waals surface area contributed by atoms with Crippen LogP contribution >= 0.6 is 0 Å². The SMILES string of the molecule is CC(C)C1=C2C3=CC=C(CNS(=O)(=O)N(C)C)CC4O[C@@]34CC[C@@]2(C)CC1. The molecular formula is C21H32N2O3S. The Morgan fingerprint density at radius 3 is 2.67 bits per heavy atom. The van der Waals surface area contributed by atoms with Crippen LogP contribution in [0.1, 0.15) is 52.9 Å². The molecule has 1 aliphatic heterocycles. The van der Waals surface area contributed by atoms with Gasteiger partial charge in [0.25, 0.3) is 10.2 Å². The molecule has 0 radical (unpaired) electrons. The van der Waals surface area contributed by atoms with Gasteiger partial charge in [-0.2, -0.15) is 17.4 Å². The fraction of sp³-hybridized carbons (Fsp3) is 0.714. The first-order valence-electron chi connectivity index (χ1n) is 10.1. The number of rotatable bonds is 5. The lowest BCUT2D eigenvalue weighted by atomic mass is 9.64. The van der Waals surface area contributed by atoms with Crippen LogP contribution in [0.3, 0.4) is 0 Å². The van der Waals surface area contributed by atoms with Crippen LogP contribution in [-0.2, 0) is 14.9 Å². The van der Waals surface area contributed by atoms with E-state index in [1.807, 2.05) is 0 Å². The van der Waals surface area contributed by atoms with Crippen molar-refractivity contribution in [2.75, 3.05) is 20.6 Å². The van der Waals surface area contributed by atoms with Crippen molar-refractivity contribution in [2.24, 2.45) is 11.3 Å². The summed E-state index contributed by atoms with van der Waals surface area (Å²) in [7, 11) is -0.330. The van der Waals surface area contributed by atoms with Crippen LogP contribution in [0.15, 0.2) is 34.4 Å². The molecule has 3 aliphatic carbocycles. The molecule has 0 aromatic carbocycles. The van der Waals surface area contributed by atoms with Gasteiger partial charge >= 0.3 is 0 Å². The molecule has 1 saturated heterocycles. The van der Waals surface area contributed by atoms with Crippen molar-refractivity contribution < 1.29 is 13.2 Å². The number of allylic oxidation sites excluding steroid dienone is 3. The summed E-state index contributed by atoms with van der Waals surface area (Å²) >= 11 is 0. The fourth-order valence-corrected chi connectivity index (χ4v) is 5.87. The zero-order chi connectivity index (χ0) is 19.6. The second kappa shape index (κ2) is 6.28. The molecule has 1 heterocycles. The molecule has 4 aliphatic rings. The average Bonchev–Trinajstić information content (AvgIpc) is 3.18. The molecule has 1 saturated carbocycles. The summed E-state index contributed by atoms with van der Waals surface area (Å²) in [6.07, 6.45) is 10.1. The lowest BCUT2D eigenvalue weighted by Crippen LogP contribution is -2.37. The smallest absolute Gasteiger partial charge is 0.279 e. The Bertz CT molecular complexity index is 853. The van der Waals surface area contributed by atoms with Gasteiger partial charge in [0.15, 0.2) is 0 Å². The van der Waals surface area contributed by atoms with Crippen LogP contribution in [0.4, 0.5) is 0 Å². The molecule has 4 rings (SSSR count). The van der Waals surface area contributed by atoms with Gasteiger partial charge in [-0.25, -0.2) is 0 Å². The summed E-state index contributed by atoms with van der Waals surface area (Å²) in [6.45, 7) is 7.36. The Hall–Kier alpha value is -0.950. The van der Waals surface area contributed by atoms with Gasteiger partial charge in [0.05, 0.1) is 6.10 Å². The Balaban J connectivity index is 1.66. The van der Waals surface area contributed by atoms with E-state index >= 15 is 0 Å². The minimum Gasteiger partial charge on any atom is -0.361 e. The minimum absolute atomic E-state index is 0.127. The lowest BCUT2D eigenvalue weighted by Gasteiger charge is -2.39. The highest BCUT2D eigenvalue weighted by Crippen LogP contribution is 2.65. The third kappa shape index (κ3) is 3.05. The third-order valence-corrected chi connectivity index (χ3v) is 8.52. The van der Waals surface area contributed by atoms with Gasteiger partial charge in [-0.1, -0.05) is 44.1 Å². The molecule has 6 heteroatoms. The molecule has 1 spiro atoms. The van der Waals surface area contributed by atoms with Crippen molar-refractivity contribution in [1.82, 2.24) is 9.03 Å². The Morgan fingerprint density at radius 1 is 1.26 bits per heavy atom. The van der Waals surface area contributed by atoms with Crippen molar-refractivity contribution in [2.45, 2.75) is 64.6 Å². The monoisotopic (exact) mass is 392 g/mol. The summed E-state index contributed by atoms with van der Waals surface area (Å²) in [5.41, 5.74) is 5.78. The number of hydrogen-bond acceptors (Lipinski definition) is 3. The molecule has 5 nitrogen and oxygen atoms in total. The van der Waals surface area contributed by atoms with Crippen molar-refractivity contribution in [3.63, 3.8) is 0 Å². The van der Waals surface area contributed by atoms with Crippen LogP contribution in [-0.4, -0.2) is 45.1 Å². The zero-order valence-corrected chi connectivity index (χ0v) is 17.9. The van der Waals surface area contributed by atoms with Crippen LogP contribution in [0, 0.1) is 11.3 Å². The highest BCUT2D eigenvalue weighted by atomic mass is 32.2. The Labute approximate surface area is 163 Å². The molecule has 0 aromatic heterocycles. The van der Waals surface area contributed by atoms with Crippen LogP contribution in [0.5, 0.6) is 0 Å². The van der Waals surface area contributed by atoms with Crippen LogP contribution in [0.25, 0.3) is 0 Å². The standard InChI is InChI=1S/C21H32N2O3S/c1-14(2)16-8-9-20(3)10-11-21-17(19(16)20)7-6-15(12-18(21)26-21)13-22-27(24,25)23(4)5/h6-7,14,18,22H,8-13H2,1-5H3/t18?,20-,21+/m1/s1. The second-order valence-corrected chi connectivity index (χ2v) is 11.3. The first kappa shape index (κ1) is 19.4. The van der Waals surface area contributed by atoms with E-state index in [-0.39, 0.29) is 17.1 Å². The molecular weight excluding hydrogens is 360 g/mol. The van der Waals surface area contributed by atoms with Crippen LogP contribution < -0.4 is 4.72 Å². The highest BCUT2D eigenvalue weighted by molar-refractivity contribution is 7.87. The van der Waals surface area contributed by atoms with Gasteiger partial charge in [0, 0.05) is 20.6 Å². The summed E-state index contributed by atoms with van der Waals surface area (Å²) < 4.78 is 34.3. The number of ether oxygens (including phenoxy) is 1. The first-order chi connectivity index (χ1) is 12.6. The van der Waals surface area contributed by atoms with E-state index < -0.39 is 10.2 Å². The quantitative estimate of drug-likeness (QED) is 0.730. The molecule has 0 aromatic rings. The predicted octanol–water partition coefficient (Wildman–Crippen LogP) is 3.32. The average molecular weight is 393 g/mol. The van der Waals surface area contributed by atoms with E-state index in [0.717, 1.165) is 18.4 Å². The molecule has 0 amide bonds. The van der Waals surface area contributed by atoms with E-state index in [1.165, 1.54) is 29.1 Å². The maximum absolute atomic E-state index is 12.0. The first-order valence-corrected chi connectivity index (χ1v) is 11.5. The molecule has 1 unspecified atom stereocenters. The van der Waals surface area contributed by atoms with Crippen LogP contribution in [0.2, 0.25) is 0 Å². The third-order valence-electron chi connectivity index (χ3n) is 7.05. The Morgan fingerprint density at radius 2 is 2.00 bits per heavy atom. The maximum Gasteiger partial charge on any atom is 0.279 e. The summed E-state index contributed by atoms with van der Waals surface area (Å²) in [6, 6.07) is 0. The van der Waals surface area contributed by atoms with Crippen molar-refractivity contribution in [1.29, 1.82) is 0 Å². The normalized spacial score (nSPS) is 35.4. The summed E-state index contributed by atoms with van der Waals surface area (Å²) in [5.74, 6) is 0.564. The van der Waals surface area contributed by atoms with E-state index in [1.54, 1.807) is 25.2 Å². The van der Waals surface area contributed by atoms with E-state index in [0.29, 0.717) is 12.5 Å². The van der Waals surface area contributed by atoms with Crippen molar-refractivity contribution in [3.8, 4) is 0 Å². The number of nitrogens with zero attached hydrogens (tertiary/aromatic N) is 1. The molecule has 3 atom stereocenters. The zero-order valence-electron chi connectivity index (χ0n) is 17.1. The number of nitrogens with one attached hydrogen (secondary N) is 1. The van der Waals surface area contributed by atoms with E-state index in [2.05, 4.69) is 37.6 Å². The molecule has 2 fully saturated rings. The minimum atomic E-state index is -3.41. The van der Waals surface area contributed by atoms with Gasteiger partial charge in [0.1, 0.15) is 5.60 Å². The van der Waals surface area contributed by atoms with Gasteiger partial charge < -0.3 is 4.74 Å². The maximum atomic E-state index is 12.0. The lowest BCUT2D eigenvalue weighted by molar-refractivity contribution is 0.235. The predicted molar refractivity (Wildman–Crippen MR) is 107 cm³/mol. The largest absolute Gasteiger partial charge is 0.361 e. The van der Waals surface area contributed by atoms with Gasteiger partial charge in [-0.15, -0.1) is 0 Å². The van der Waals surface area contributed by atoms with Gasteiger partial charge in [-0.3, -0.25) is 0 Å². The highest BCUT2D eigenvalue weighted by Gasteiger charge is 2.64. The molecule has 27 heavy (non-hydrogen) atoms. The van der Waals surface area contributed by atoms with Gasteiger partial charge in [-0.05, 0) is 54.6 Å². The number of hydrogen-bond donors (Lipinski definition) is 1. The van der Waals surface area contributed by atoms with E-state index in [9.17, 15) is 8.42 Å². The summed E-state index contributed by atoms with van der Waals surface area (Å²) in [4.78, 5) is 0. The topological polar surface area (TPSA) is 61.9 Å². The van der Waals surface area contributed by atoms with E-state index in [4.69, 9.17) is 4.74 Å².